The van der Waals surface area contributed by atoms with Crippen LogP contribution in [0.3, 0.4) is 0 Å². The first kappa shape index (κ1) is 24.7. The molecule has 0 fully saturated rings. The lowest BCUT2D eigenvalue weighted by Crippen LogP contribution is -2.01. The Morgan fingerprint density at radius 2 is 0.625 bits per heavy atom. The minimum atomic E-state index is 1.06. The average molecular weight is 521 g/mol. The number of nitrogens with zero attached hydrogens (tertiary/aromatic N) is 2. The maximum Gasteiger partial charge on any atom is 0.0491 e. The van der Waals surface area contributed by atoms with Crippen molar-refractivity contribution in [3.05, 3.63) is 132 Å². The molecular weight excluding hydrogens is 484 g/mol. The summed E-state index contributed by atoms with van der Waals surface area (Å²) in [5.41, 5.74) is 8.47. The third-order valence-corrected chi connectivity index (χ3v) is 8.63. The van der Waals surface area contributed by atoms with Crippen LogP contribution >= 0.6 is 0 Å². The zero-order valence-electron chi connectivity index (χ0n) is 23.1. The van der Waals surface area contributed by atoms with Crippen molar-refractivity contribution in [1.29, 1.82) is 0 Å². The van der Waals surface area contributed by atoms with Gasteiger partial charge in [0.2, 0.25) is 0 Å². The minimum absolute atomic E-state index is 1.06. The maximum absolute atomic E-state index is 2.52. The Morgan fingerprint density at radius 1 is 0.325 bits per heavy atom. The van der Waals surface area contributed by atoms with Crippen molar-refractivity contribution < 1.29 is 0 Å². The van der Waals surface area contributed by atoms with E-state index in [0.717, 1.165) is 25.9 Å². The van der Waals surface area contributed by atoms with Crippen LogP contribution in [0.2, 0.25) is 0 Å². The minimum Gasteiger partial charge on any atom is -0.340 e. The van der Waals surface area contributed by atoms with Gasteiger partial charge in [-0.1, -0.05) is 97.1 Å². The van der Waals surface area contributed by atoms with Crippen molar-refractivity contribution in [1.82, 2.24) is 9.13 Å². The number of aryl methyl sites for hydroxylation is 4. The highest BCUT2D eigenvalue weighted by molar-refractivity contribution is 6.08. The van der Waals surface area contributed by atoms with Crippen LogP contribution in [0.15, 0.2) is 121 Å². The molecule has 198 valence electrons. The normalized spacial score (nSPS) is 11.8. The standard InChI is InChI=1S/C38H36N2/c1-2-16-30(18-12-14-28-40-37-25-9-5-21-33(37)34-22-6-10-26-38(34)40)29(15-1)17-11-13-27-39-35-23-7-3-19-31(35)32-20-4-8-24-36(32)39/h1-10,15-16,19-26H,11-14,17-18,27-28H2. The summed E-state index contributed by atoms with van der Waals surface area (Å²) in [5.74, 6) is 0. The SMILES string of the molecule is c1ccc(CCCCn2c3ccccc3c3ccccc32)c(CCCCn2c3ccccc3c3ccccc32)c1. The third-order valence-electron chi connectivity index (χ3n) is 8.63. The Kier molecular flexibility index (Phi) is 6.83. The molecule has 0 N–H and O–H groups in total. The molecule has 2 nitrogen and oxygen atoms in total. The number of unbranched alkanes of at least 4 members (excludes halogenated alkanes) is 2. The molecule has 7 rings (SSSR count). The largest absolute Gasteiger partial charge is 0.340 e. The maximum atomic E-state index is 2.52. The van der Waals surface area contributed by atoms with E-state index in [1.54, 1.807) is 0 Å². The van der Waals surface area contributed by atoms with E-state index >= 15 is 0 Å². The van der Waals surface area contributed by atoms with Gasteiger partial charge in [-0.05, 0) is 73.9 Å². The molecule has 7 aromatic rings. The van der Waals surface area contributed by atoms with E-state index in [9.17, 15) is 0 Å². The van der Waals surface area contributed by atoms with Crippen molar-refractivity contribution in [3.63, 3.8) is 0 Å². The fourth-order valence-corrected chi connectivity index (χ4v) is 6.70. The first-order valence-corrected chi connectivity index (χ1v) is 14.9. The lowest BCUT2D eigenvalue weighted by molar-refractivity contribution is 0.623. The summed E-state index contributed by atoms with van der Waals surface area (Å²) in [6.07, 6.45) is 7.09. The quantitative estimate of drug-likeness (QED) is 0.159. The van der Waals surface area contributed by atoms with Crippen molar-refractivity contribution in [3.8, 4) is 0 Å². The van der Waals surface area contributed by atoms with Crippen molar-refractivity contribution in [2.75, 3.05) is 0 Å². The Balaban J connectivity index is 0.984. The molecule has 0 radical (unpaired) electrons. The third kappa shape index (κ3) is 4.58. The van der Waals surface area contributed by atoms with Gasteiger partial charge in [-0.15, -0.1) is 0 Å². The highest BCUT2D eigenvalue weighted by Gasteiger charge is 2.11. The summed E-state index contributed by atoms with van der Waals surface area (Å²) in [7, 11) is 0. The molecule has 5 aromatic carbocycles. The molecule has 0 amide bonds. The first-order valence-electron chi connectivity index (χ1n) is 14.9. The van der Waals surface area contributed by atoms with E-state index in [4.69, 9.17) is 0 Å². The predicted molar refractivity (Wildman–Crippen MR) is 171 cm³/mol. The van der Waals surface area contributed by atoms with E-state index < -0.39 is 0 Å². The number of hydrogen-bond donors (Lipinski definition) is 0. The number of para-hydroxylation sites is 4. The molecule has 0 spiro atoms. The van der Waals surface area contributed by atoms with Gasteiger partial charge in [0.15, 0.2) is 0 Å². The Bertz CT molecular complexity index is 1670. The van der Waals surface area contributed by atoms with E-state index in [1.165, 1.54) is 80.4 Å². The van der Waals surface area contributed by atoms with Crippen LogP contribution in [0.4, 0.5) is 0 Å². The van der Waals surface area contributed by atoms with Gasteiger partial charge in [-0.2, -0.15) is 0 Å². The zero-order valence-corrected chi connectivity index (χ0v) is 23.1. The van der Waals surface area contributed by atoms with Gasteiger partial charge in [0.25, 0.3) is 0 Å². The lowest BCUT2D eigenvalue weighted by Gasteiger charge is -2.12. The monoisotopic (exact) mass is 520 g/mol. The number of hydrogen-bond acceptors (Lipinski definition) is 0. The van der Waals surface area contributed by atoms with Gasteiger partial charge in [-0.3, -0.25) is 0 Å². The van der Waals surface area contributed by atoms with Crippen LogP contribution in [-0.4, -0.2) is 9.13 Å². The molecule has 0 aliphatic carbocycles. The molecule has 0 unspecified atom stereocenters. The van der Waals surface area contributed by atoms with E-state index in [-0.39, 0.29) is 0 Å². The molecule has 0 bridgehead atoms. The van der Waals surface area contributed by atoms with Crippen molar-refractivity contribution in [2.24, 2.45) is 0 Å². The summed E-state index contributed by atoms with van der Waals surface area (Å²) >= 11 is 0. The van der Waals surface area contributed by atoms with Crippen LogP contribution < -0.4 is 0 Å². The lowest BCUT2D eigenvalue weighted by atomic mass is 9.98. The highest BCUT2D eigenvalue weighted by atomic mass is 15.0. The summed E-state index contributed by atoms with van der Waals surface area (Å²) in [5, 5.41) is 5.46. The summed E-state index contributed by atoms with van der Waals surface area (Å²) in [6, 6.07) is 44.5. The van der Waals surface area contributed by atoms with Crippen molar-refractivity contribution in [2.45, 2.75) is 51.6 Å². The zero-order chi connectivity index (χ0) is 26.7. The topological polar surface area (TPSA) is 9.86 Å². The molecule has 0 saturated heterocycles. The molecule has 2 aromatic heterocycles. The summed E-state index contributed by atoms with van der Waals surface area (Å²) in [6.45, 7) is 2.13. The van der Waals surface area contributed by atoms with Crippen LogP contribution in [0.1, 0.15) is 36.8 Å². The smallest absolute Gasteiger partial charge is 0.0491 e. The number of aromatic nitrogens is 2. The second-order valence-electron chi connectivity index (χ2n) is 11.1. The van der Waals surface area contributed by atoms with Gasteiger partial charge in [0.05, 0.1) is 0 Å². The number of fused-ring (bicyclic) bond motifs is 6. The molecule has 0 atom stereocenters. The Morgan fingerprint density at radius 3 is 0.975 bits per heavy atom. The average Bonchev–Trinajstić information content (AvgIpc) is 3.51. The van der Waals surface area contributed by atoms with Crippen molar-refractivity contribution >= 4 is 43.6 Å². The molecule has 0 saturated carbocycles. The summed E-state index contributed by atoms with van der Waals surface area (Å²) in [4.78, 5) is 0. The number of rotatable bonds is 10. The second-order valence-corrected chi connectivity index (χ2v) is 11.1. The van der Waals surface area contributed by atoms with Gasteiger partial charge in [0, 0.05) is 56.7 Å². The number of benzene rings is 5. The van der Waals surface area contributed by atoms with E-state index in [2.05, 4.69) is 130 Å². The van der Waals surface area contributed by atoms with E-state index in [1.807, 2.05) is 0 Å². The molecule has 0 aliphatic heterocycles. The molecule has 2 heterocycles. The van der Waals surface area contributed by atoms with Gasteiger partial charge >= 0.3 is 0 Å². The van der Waals surface area contributed by atoms with E-state index in [0.29, 0.717) is 0 Å². The Labute approximate surface area is 236 Å². The predicted octanol–water partition coefficient (Wildman–Crippen LogP) is 9.95. The molecular formula is C38H36N2. The van der Waals surface area contributed by atoms with Crippen LogP contribution in [0.25, 0.3) is 43.6 Å². The highest BCUT2D eigenvalue weighted by Crippen LogP contribution is 2.30. The molecule has 40 heavy (non-hydrogen) atoms. The van der Waals surface area contributed by atoms with Crippen LogP contribution in [-0.2, 0) is 25.9 Å². The fourth-order valence-electron chi connectivity index (χ4n) is 6.70. The first-order chi connectivity index (χ1) is 19.9. The Hall–Kier alpha value is -4.30. The van der Waals surface area contributed by atoms with Gasteiger partial charge in [0.1, 0.15) is 0 Å². The molecule has 2 heteroatoms. The van der Waals surface area contributed by atoms with Gasteiger partial charge < -0.3 is 9.13 Å². The van der Waals surface area contributed by atoms with Crippen LogP contribution in [0, 0.1) is 0 Å². The second kappa shape index (κ2) is 11.1. The van der Waals surface area contributed by atoms with Crippen LogP contribution in [0.5, 0.6) is 0 Å². The van der Waals surface area contributed by atoms with Gasteiger partial charge in [-0.25, -0.2) is 0 Å². The summed E-state index contributed by atoms with van der Waals surface area (Å²) < 4.78 is 5.04. The molecule has 0 aliphatic rings. The fraction of sp³-hybridized carbons (Fsp3) is 0.211.